The molecular formula is C11H13F3O3. The summed E-state index contributed by atoms with van der Waals surface area (Å²) in [5.41, 5.74) is 0.182. The summed E-state index contributed by atoms with van der Waals surface area (Å²) in [7, 11) is 0. The lowest BCUT2D eigenvalue weighted by Crippen LogP contribution is -2.19. The van der Waals surface area contributed by atoms with Crippen LogP contribution in [0.4, 0.5) is 13.2 Å². The molecule has 0 heterocycles. The van der Waals surface area contributed by atoms with Crippen LogP contribution in [0.1, 0.15) is 25.0 Å². The Kier molecular flexibility index (Phi) is 4.36. The quantitative estimate of drug-likeness (QED) is 0.862. The second-order valence-electron chi connectivity index (χ2n) is 3.54. The van der Waals surface area contributed by atoms with Gasteiger partial charge in [-0.3, -0.25) is 0 Å². The third-order valence-corrected chi connectivity index (χ3v) is 2.22. The largest absolute Gasteiger partial charge is 0.573 e. The van der Waals surface area contributed by atoms with Crippen LogP contribution in [-0.4, -0.2) is 22.7 Å². The smallest absolute Gasteiger partial charge is 0.406 e. The van der Waals surface area contributed by atoms with E-state index in [9.17, 15) is 23.4 Å². The molecule has 1 aromatic rings. The molecule has 1 rings (SSSR count). The van der Waals surface area contributed by atoms with Crippen LogP contribution in [0, 0.1) is 0 Å². The molecule has 1 aromatic carbocycles. The predicted octanol–water partition coefficient (Wildman–Crippen LogP) is 2.39. The van der Waals surface area contributed by atoms with Crippen molar-refractivity contribution in [3.63, 3.8) is 0 Å². The van der Waals surface area contributed by atoms with Crippen LogP contribution in [0.25, 0.3) is 0 Å². The van der Waals surface area contributed by atoms with Crippen LogP contribution in [0.2, 0.25) is 0 Å². The van der Waals surface area contributed by atoms with Gasteiger partial charge in [0.05, 0.1) is 6.10 Å². The maximum absolute atomic E-state index is 12.0. The molecule has 96 valence electrons. The molecule has 0 aliphatic heterocycles. The minimum Gasteiger partial charge on any atom is -0.406 e. The molecule has 0 aromatic heterocycles. The topological polar surface area (TPSA) is 49.7 Å². The minimum absolute atomic E-state index is 0.182. The van der Waals surface area contributed by atoms with E-state index in [1.165, 1.54) is 12.1 Å². The van der Waals surface area contributed by atoms with Crippen LogP contribution >= 0.6 is 0 Å². The van der Waals surface area contributed by atoms with E-state index >= 15 is 0 Å². The Hall–Kier alpha value is -1.27. The molecule has 0 fully saturated rings. The van der Waals surface area contributed by atoms with Crippen molar-refractivity contribution in [1.82, 2.24) is 0 Å². The van der Waals surface area contributed by atoms with E-state index in [1.807, 2.05) is 0 Å². The van der Waals surface area contributed by atoms with Gasteiger partial charge in [0, 0.05) is 0 Å². The van der Waals surface area contributed by atoms with Gasteiger partial charge in [-0.15, -0.1) is 13.2 Å². The van der Waals surface area contributed by atoms with Crippen LogP contribution in [0.3, 0.4) is 0 Å². The van der Waals surface area contributed by atoms with Gasteiger partial charge in [0.1, 0.15) is 11.9 Å². The van der Waals surface area contributed by atoms with Crippen molar-refractivity contribution in [2.24, 2.45) is 0 Å². The van der Waals surface area contributed by atoms with E-state index in [1.54, 1.807) is 6.92 Å². The number of hydrogen-bond donors (Lipinski definition) is 2. The molecule has 0 saturated heterocycles. The first-order valence-electron chi connectivity index (χ1n) is 5.05. The van der Waals surface area contributed by atoms with Crippen molar-refractivity contribution >= 4 is 0 Å². The average molecular weight is 250 g/mol. The zero-order valence-corrected chi connectivity index (χ0v) is 9.11. The molecule has 2 atom stereocenters. The first kappa shape index (κ1) is 13.8. The molecule has 17 heavy (non-hydrogen) atoms. The van der Waals surface area contributed by atoms with Crippen LogP contribution < -0.4 is 4.74 Å². The highest BCUT2D eigenvalue weighted by atomic mass is 19.4. The molecule has 0 aliphatic carbocycles. The van der Waals surface area contributed by atoms with Gasteiger partial charge in [0.25, 0.3) is 0 Å². The summed E-state index contributed by atoms with van der Waals surface area (Å²) in [5, 5.41) is 19.0. The van der Waals surface area contributed by atoms with Crippen molar-refractivity contribution in [2.75, 3.05) is 0 Å². The first-order valence-corrected chi connectivity index (χ1v) is 5.05. The average Bonchev–Trinajstić information content (AvgIpc) is 2.25. The van der Waals surface area contributed by atoms with Crippen LogP contribution in [0.15, 0.2) is 24.3 Å². The third-order valence-electron chi connectivity index (χ3n) is 2.22. The Bertz CT molecular complexity index is 365. The molecule has 2 N–H and O–H groups in total. The highest BCUT2D eigenvalue weighted by Crippen LogP contribution is 2.27. The fraction of sp³-hybridized carbons (Fsp3) is 0.455. The van der Waals surface area contributed by atoms with Gasteiger partial charge >= 0.3 is 6.36 Å². The fourth-order valence-electron chi connectivity index (χ4n) is 1.34. The summed E-state index contributed by atoms with van der Waals surface area (Å²) < 4.78 is 39.6. The number of hydrogen-bond acceptors (Lipinski definition) is 3. The Morgan fingerprint density at radius 2 is 1.94 bits per heavy atom. The molecule has 6 heteroatoms. The summed E-state index contributed by atoms with van der Waals surface area (Å²) in [6.45, 7) is 1.66. The van der Waals surface area contributed by atoms with Gasteiger partial charge in [-0.2, -0.15) is 0 Å². The monoisotopic (exact) mass is 250 g/mol. The Morgan fingerprint density at radius 1 is 1.29 bits per heavy atom. The lowest BCUT2D eigenvalue weighted by Gasteiger charge is -2.17. The van der Waals surface area contributed by atoms with Gasteiger partial charge in [-0.25, -0.2) is 0 Å². The second-order valence-corrected chi connectivity index (χ2v) is 3.54. The number of aliphatic hydroxyl groups excluding tert-OH is 2. The lowest BCUT2D eigenvalue weighted by atomic mass is 10.0. The van der Waals surface area contributed by atoms with Gasteiger partial charge in [-0.1, -0.05) is 19.1 Å². The van der Waals surface area contributed by atoms with Crippen molar-refractivity contribution in [2.45, 2.75) is 31.9 Å². The molecule has 2 unspecified atom stereocenters. The van der Waals surface area contributed by atoms with Gasteiger partial charge in [-0.05, 0) is 24.1 Å². The van der Waals surface area contributed by atoms with Crippen molar-refractivity contribution < 1.29 is 28.1 Å². The number of aliphatic hydroxyl groups is 2. The summed E-state index contributed by atoms with van der Waals surface area (Å²) in [6, 6.07) is 4.92. The maximum Gasteiger partial charge on any atom is 0.573 e. The van der Waals surface area contributed by atoms with Gasteiger partial charge < -0.3 is 14.9 Å². The number of halogens is 3. The van der Waals surface area contributed by atoms with E-state index in [-0.39, 0.29) is 5.56 Å². The van der Waals surface area contributed by atoms with E-state index < -0.39 is 24.3 Å². The second kappa shape index (κ2) is 5.37. The van der Waals surface area contributed by atoms with E-state index in [0.29, 0.717) is 6.42 Å². The zero-order valence-electron chi connectivity index (χ0n) is 9.11. The van der Waals surface area contributed by atoms with Crippen LogP contribution in [-0.2, 0) is 0 Å². The third kappa shape index (κ3) is 4.24. The molecule has 0 aliphatic rings. The number of benzene rings is 1. The SMILES string of the molecule is CCC(O)C(O)c1cccc(OC(F)(F)F)c1. The van der Waals surface area contributed by atoms with E-state index in [0.717, 1.165) is 12.1 Å². The summed E-state index contributed by atoms with van der Waals surface area (Å²) in [6.07, 6.45) is -6.72. The summed E-state index contributed by atoms with van der Waals surface area (Å²) in [5.74, 6) is -0.419. The number of ether oxygens (including phenoxy) is 1. The summed E-state index contributed by atoms with van der Waals surface area (Å²) >= 11 is 0. The molecule has 0 amide bonds. The van der Waals surface area contributed by atoms with Crippen molar-refractivity contribution in [3.05, 3.63) is 29.8 Å². The highest BCUT2D eigenvalue weighted by molar-refractivity contribution is 5.30. The number of alkyl halides is 3. The van der Waals surface area contributed by atoms with Crippen molar-refractivity contribution in [3.8, 4) is 5.75 Å². The van der Waals surface area contributed by atoms with E-state index in [2.05, 4.69) is 4.74 Å². The summed E-state index contributed by atoms with van der Waals surface area (Å²) in [4.78, 5) is 0. The molecule has 3 nitrogen and oxygen atoms in total. The van der Waals surface area contributed by atoms with Crippen LogP contribution in [0.5, 0.6) is 5.75 Å². The number of rotatable bonds is 4. The molecular weight excluding hydrogens is 237 g/mol. The highest BCUT2D eigenvalue weighted by Gasteiger charge is 2.31. The standard InChI is InChI=1S/C11H13F3O3/c1-2-9(15)10(16)7-4-3-5-8(6-7)17-11(12,13)14/h3-6,9-10,15-16H,2H2,1H3. The molecule has 0 saturated carbocycles. The molecule has 0 radical (unpaired) electrons. The first-order chi connectivity index (χ1) is 7.83. The maximum atomic E-state index is 12.0. The molecule has 0 bridgehead atoms. The lowest BCUT2D eigenvalue weighted by molar-refractivity contribution is -0.274. The van der Waals surface area contributed by atoms with E-state index in [4.69, 9.17) is 0 Å². The Labute approximate surface area is 96.5 Å². The van der Waals surface area contributed by atoms with Crippen molar-refractivity contribution in [1.29, 1.82) is 0 Å². The fourth-order valence-corrected chi connectivity index (χ4v) is 1.34. The normalized spacial score (nSPS) is 15.4. The molecule has 0 spiro atoms. The Balaban J connectivity index is 2.86. The Morgan fingerprint density at radius 3 is 2.47 bits per heavy atom. The predicted molar refractivity (Wildman–Crippen MR) is 54.4 cm³/mol. The minimum atomic E-state index is -4.77. The zero-order chi connectivity index (χ0) is 13.1. The van der Waals surface area contributed by atoms with Gasteiger partial charge in [0.15, 0.2) is 0 Å². The van der Waals surface area contributed by atoms with Gasteiger partial charge in [0.2, 0.25) is 0 Å².